The zero-order valence-electron chi connectivity index (χ0n) is 11.6. The monoisotopic (exact) mass is 287 g/mol. The lowest BCUT2D eigenvalue weighted by atomic mass is 10.2. The molecule has 0 amide bonds. The molecule has 1 atom stereocenters. The van der Waals surface area contributed by atoms with Crippen molar-refractivity contribution in [2.24, 2.45) is 5.73 Å². The van der Waals surface area contributed by atoms with E-state index in [0.29, 0.717) is 0 Å². The third kappa shape index (κ3) is 2.32. The Kier molecular flexibility index (Phi) is 3.51. The predicted molar refractivity (Wildman–Crippen MR) is 82.5 cm³/mol. The summed E-state index contributed by atoms with van der Waals surface area (Å²) in [5.74, 6) is 1.58. The van der Waals surface area contributed by atoms with Crippen LogP contribution >= 0.6 is 11.3 Å². The molecule has 0 radical (unpaired) electrons. The van der Waals surface area contributed by atoms with Gasteiger partial charge < -0.3 is 14.9 Å². The van der Waals surface area contributed by atoms with Crippen molar-refractivity contribution < 1.29 is 9.15 Å². The van der Waals surface area contributed by atoms with Gasteiger partial charge in [-0.25, -0.2) is 0 Å². The summed E-state index contributed by atoms with van der Waals surface area (Å²) in [5, 5.41) is 1.04. The normalized spacial score (nSPS) is 12.8. The van der Waals surface area contributed by atoms with Crippen molar-refractivity contribution in [3.05, 3.63) is 51.9 Å². The summed E-state index contributed by atoms with van der Waals surface area (Å²) in [6.07, 6.45) is 1.04. The SMILES string of the molecule is CCc1ccc(C(N)c2cc3ccc(OC)cc3o2)s1. The number of hydrogen-bond acceptors (Lipinski definition) is 4. The summed E-state index contributed by atoms with van der Waals surface area (Å²) in [7, 11) is 1.65. The molecular formula is C16H17NO2S. The standard InChI is InChI=1S/C16H17NO2S/c1-3-12-6-7-15(20-12)16(17)14-8-10-4-5-11(18-2)9-13(10)19-14/h4-9,16H,3,17H2,1-2H3. The molecule has 0 aliphatic heterocycles. The Balaban J connectivity index is 1.96. The van der Waals surface area contributed by atoms with Crippen LogP contribution in [0.2, 0.25) is 0 Å². The van der Waals surface area contributed by atoms with E-state index >= 15 is 0 Å². The minimum Gasteiger partial charge on any atom is -0.497 e. The number of benzene rings is 1. The Labute approximate surface area is 122 Å². The van der Waals surface area contributed by atoms with Crippen LogP contribution in [-0.2, 0) is 6.42 Å². The van der Waals surface area contributed by atoms with Gasteiger partial charge in [-0.3, -0.25) is 0 Å². The number of fused-ring (bicyclic) bond motifs is 1. The van der Waals surface area contributed by atoms with E-state index in [1.54, 1.807) is 18.4 Å². The maximum atomic E-state index is 6.30. The van der Waals surface area contributed by atoms with Gasteiger partial charge in [0.15, 0.2) is 0 Å². The Morgan fingerprint density at radius 1 is 1.25 bits per heavy atom. The van der Waals surface area contributed by atoms with Crippen LogP contribution in [0.1, 0.15) is 28.5 Å². The van der Waals surface area contributed by atoms with Crippen LogP contribution in [0.25, 0.3) is 11.0 Å². The van der Waals surface area contributed by atoms with Crippen LogP contribution in [0.4, 0.5) is 0 Å². The molecule has 0 aliphatic rings. The second kappa shape index (κ2) is 5.31. The van der Waals surface area contributed by atoms with E-state index in [9.17, 15) is 0 Å². The lowest BCUT2D eigenvalue weighted by molar-refractivity contribution is 0.414. The van der Waals surface area contributed by atoms with Crippen molar-refractivity contribution >= 4 is 22.3 Å². The molecule has 0 saturated heterocycles. The van der Waals surface area contributed by atoms with E-state index in [2.05, 4.69) is 19.1 Å². The molecule has 4 heteroatoms. The van der Waals surface area contributed by atoms with Crippen LogP contribution in [-0.4, -0.2) is 7.11 Å². The average molecular weight is 287 g/mol. The first-order valence-electron chi connectivity index (χ1n) is 6.63. The average Bonchev–Trinajstić information content (AvgIpc) is 3.11. The quantitative estimate of drug-likeness (QED) is 0.785. The van der Waals surface area contributed by atoms with Crippen LogP contribution in [0.5, 0.6) is 5.75 Å². The molecule has 104 valence electrons. The van der Waals surface area contributed by atoms with Crippen molar-refractivity contribution in [1.82, 2.24) is 0 Å². The van der Waals surface area contributed by atoms with Gasteiger partial charge in [-0.2, -0.15) is 0 Å². The van der Waals surface area contributed by atoms with Gasteiger partial charge >= 0.3 is 0 Å². The predicted octanol–water partition coefficient (Wildman–Crippen LogP) is 4.11. The smallest absolute Gasteiger partial charge is 0.138 e. The second-order valence-corrected chi connectivity index (χ2v) is 5.89. The minimum atomic E-state index is -0.210. The van der Waals surface area contributed by atoms with Gasteiger partial charge in [0.25, 0.3) is 0 Å². The van der Waals surface area contributed by atoms with Crippen molar-refractivity contribution in [2.75, 3.05) is 7.11 Å². The fourth-order valence-corrected chi connectivity index (χ4v) is 3.17. The first-order chi connectivity index (χ1) is 9.71. The Morgan fingerprint density at radius 2 is 2.10 bits per heavy atom. The van der Waals surface area contributed by atoms with Gasteiger partial charge in [-0.15, -0.1) is 11.3 Å². The Bertz CT molecular complexity index is 729. The zero-order valence-corrected chi connectivity index (χ0v) is 12.4. The lowest BCUT2D eigenvalue weighted by Gasteiger charge is -2.05. The molecule has 3 rings (SSSR count). The number of hydrogen-bond donors (Lipinski definition) is 1. The summed E-state index contributed by atoms with van der Waals surface area (Å²) >= 11 is 1.74. The zero-order chi connectivity index (χ0) is 14.1. The highest BCUT2D eigenvalue weighted by Gasteiger charge is 2.16. The highest BCUT2D eigenvalue weighted by atomic mass is 32.1. The highest BCUT2D eigenvalue weighted by Crippen LogP contribution is 2.32. The molecule has 0 bridgehead atoms. The fraction of sp³-hybridized carbons (Fsp3) is 0.250. The van der Waals surface area contributed by atoms with E-state index in [-0.39, 0.29) is 6.04 Å². The van der Waals surface area contributed by atoms with Gasteiger partial charge in [0, 0.05) is 21.2 Å². The maximum absolute atomic E-state index is 6.30. The molecule has 1 unspecified atom stereocenters. The highest BCUT2D eigenvalue weighted by molar-refractivity contribution is 7.12. The van der Waals surface area contributed by atoms with Crippen LogP contribution in [0.15, 0.2) is 40.8 Å². The maximum Gasteiger partial charge on any atom is 0.138 e. The van der Waals surface area contributed by atoms with Gasteiger partial charge in [-0.05, 0) is 36.8 Å². The number of nitrogens with two attached hydrogens (primary N) is 1. The molecule has 2 heterocycles. The van der Waals surface area contributed by atoms with E-state index in [1.807, 2.05) is 24.3 Å². The number of furan rings is 1. The van der Waals surface area contributed by atoms with Gasteiger partial charge in [0.05, 0.1) is 13.2 Å². The van der Waals surface area contributed by atoms with Crippen molar-refractivity contribution in [2.45, 2.75) is 19.4 Å². The van der Waals surface area contributed by atoms with Crippen LogP contribution < -0.4 is 10.5 Å². The third-order valence-corrected chi connectivity index (χ3v) is 4.70. The topological polar surface area (TPSA) is 48.4 Å². The third-order valence-electron chi connectivity index (χ3n) is 3.39. The van der Waals surface area contributed by atoms with E-state index in [0.717, 1.165) is 33.8 Å². The largest absolute Gasteiger partial charge is 0.497 e. The van der Waals surface area contributed by atoms with Crippen molar-refractivity contribution in [3.63, 3.8) is 0 Å². The Morgan fingerprint density at radius 3 is 2.80 bits per heavy atom. The van der Waals surface area contributed by atoms with Gasteiger partial charge in [0.2, 0.25) is 0 Å². The molecule has 1 aromatic carbocycles. The molecule has 0 aliphatic carbocycles. The number of aryl methyl sites for hydroxylation is 1. The molecule has 0 spiro atoms. The van der Waals surface area contributed by atoms with E-state index < -0.39 is 0 Å². The molecule has 2 N–H and O–H groups in total. The van der Waals surface area contributed by atoms with Crippen molar-refractivity contribution in [3.8, 4) is 5.75 Å². The van der Waals surface area contributed by atoms with Crippen LogP contribution in [0.3, 0.4) is 0 Å². The Hall–Kier alpha value is -1.78. The molecular weight excluding hydrogens is 270 g/mol. The number of ether oxygens (including phenoxy) is 1. The van der Waals surface area contributed by atoms with Gasteiger partial charge in [-0.1, -0.05) is 6.92 Å². The molecule has 20 heavy (non-hydrogen) atoms. The molecule has 3 aromatic rings. The van der Waals surface area contributed by atoms with Crippen LogP contribution in [0, 0.1) is 0 Å². The summed E-state index contributed by atoms with van der Waals surface area (Å²) in [5.41, 5.74) is 7.11. The lowest BCUT2D eigenvalue weighted by Crippen LogP contribution is -2.08. The number of rotatable bonds is 4. The first kappa shape index (κ1) is 13.2. The molecule has 0 saturated carbocycles. The van der Waals surface area contributed by atoms with E-state index in [1.165, 1.54) is 4.88 Å². The van der Waals surface area contributed by atoms with Crippen molar-refractivity contribution in [1.29, 1.82) is 0 Å². The summed E-state index contributed by atoms with van der Waals surface area (Å²) in [6, 6.07) is 11.8. The first-order valence-corrected chi connectivity index (χ1v) is 7.44. The fourth-order valence-electron chi connectivity index (χ4n) is 2.20. The summed E-state index contributed by atoms with van der Waals surface area (Å²) < 4.78 is 11.1. The minimum absolute atomic E-state index is 0.210. The molecule has 3 nitrogen and oxygen atoms in total. The number of thiophene rings is 1. The number of methoxy groups -OCH3 is 1. The molecule has 2 aromatic heterocycles. The van der Waals surface area contributed by atoms with Gasteiger partial charge in [0.1, 0.15) is 17.1 Å². The second-order valence-electron chi connectivity index (χ2n) is 4.69. The summed E-state index contributed by atoms with van der Waals surface area (Å²) in [4.78, 5) is 2.47. The molecule has 0 fully saturated rings. The summed E-state index contributed by atoms with van der Waals surface area (Å²) in [6.45, 7) is 2.15. The van der Waals surface area contributed by atoms with E-state index in [4.69, 9.17) is 14.9 Å².